The van der Waals surface area contributed by atoms with Crippen LogP contribution in [0.2, 0.25) is 0 Å². The van der Waals surface area contributed by atoms with E-state index in [0.29, 0.717) is 6.04 Å². The van der Waals surface area contributed by atoms with E-state index in [9.17, 15) is 0 Å². The summed E-state index contributed by atoms with van der Waals surface area (Å²) in [6.07, 6.45) is 5.52. The minimum atomic E-state index is 0.249. The molecule has 0 radical (unpaired) electrons. The van der Waals surface area contributed by atoms with Crippen LogP contribution < -0.4 is 9.64 Å². The number of rotatable bonds is 4. The molecule has 2 aromatic heterocycles. The first-order valence-corrected chi connectivity index (χ1v) is 10.4. The monoisotopic (exact) mass is 384 g/mol. The van der Waals surface area contributed by atoms with Gasteiger partial charge < -0.3 is 18.9 Å². The van der Waals surface area contributed by atoms with Crippen molar-refractivity contribution in [3.05, 3.63) is 36.3 Å². The quantitative estimate of drug-likeness (QED) is 0.685. The van der Waals surface area contributed by atoms with Crippen LogP contribution in [0.25, 0.3) is 10.9 Å². The van der Waals surface area contributed by atoms with E-state index in [1.54, 1.807) is 0 Å². The first-order valence-electron chi connectivity index (χ1n) is 9.67. The van der Waals surface area contributed by atoms with Crippen molar-refractivity contribution < 1.29 is 9.47 Å². The minimum absolute atomic E-state index is 0.249. The molecule has 27 heavy (non-hydrogen) atoms. The van der Waals surface area contributed by atoms with E-state index in [2.05, 4.69) is 49.3 Å². The maximum Gasteiger partial charge on any atom is 0.205 e. The number of piperidine rings is 1. The van der Waals surface area contributed by atoms with Crippen LogP contribution in [-0.2, 0) is 4.74 Å². The van der Waals surface area contributed by atoms with Crippen molar-refractivity contribution in [2.75, 3.05) is 31.2 Å². The molecular formula is C20H24N4O2S. The summed E-state index contributed by atoms with van der Waals surface area (Å²) >= 11 is 1.49. The first kappa shape index (κ1) is 17.0. The average molecular weight is 385 g/mol. The lowest BCUT2D eigenvalue weighted by molar-refractivity contribution is 0.173. The van der Waals surface area contributed by atoms with Crippen LogP contribution in [0.3, 0.4) is 0 Å². The third kappa shape index (κ3) is 3.30. The second-order valence-electron chi connectivity index (χ2n) is 7.36. The Kier molecular flexibility index (Phi) is 4.49. The molecular weight excluding hydrogens is 360 g/mol. The van der Waals surface area contributed by atoms with Crippen LogP contribution in [0.15, 0.2) is 30.5 Å². The first-order chi connectivity index (χ1) is 13.3. The summed E-state index contributed by atoms with van der Waals surface area (Å²) < 4.78 is 18.6. The Morgan fingerprint density at radius 3 is 2.81 bits per heavy atom. The zero-order valence-electron chi connectivity index (χ0n) is 15.5. The van der Waals surface area contributed by atoms with Gasteiger partial charge in [0, 0.05) is 55.7 Å². The largest absolute Gasteiger partial charge is 0.490 e. The highest BCUT2D eigenvalue weighted by molar-refractivity contribution is 7.09. The van der Waals surface area contributed by atoms with Gasteiger partial charge in [0.2, 0.25) is 5.13 Å². The SMILES string of the molecule is Cc1nsc(N2CCC(Oc3cccc4c3ccn4C3CCOC3)CC2)n1. The van der Waals surface area contributed by atoms with E-state index >= 15 is 0 Å². The molecule has 1 atom stereocenters. The average Bonchev–Trinajstić information content (AvgIpc) is 3.42. The Morgan fingerprint density at radius 2 is 2.07 bits per heavy atom. The Labute approximate surface area is 162 Å². The van der Waals surface area contributed by atoms with Gasteiger partial charge in [-0.1, -0.05) is 6.07 Å². The van der Waals surface area contributed by atoms with E-state index in [1.807, 2.05) is 6.92 Å². The second kappa shape index (κ2) is 7.13. The Hall–Kier alpha value is -2.12. The molecule has 0 N–H and O–H groups in total. The van der Waals surface area contributed by atoms with Crippen molar-refractivity contribution in [1.29, 1.82) is 0 Å². The topological polar surface area (TPSA) is 52.4 Å². The molecule has 4 heterocycles. The third-order valence-corrected chi connectivity index (χ3v) is 6.41. The summed E-state index contributed by atoms with van der Waals surface area (Å²) in [5.74, 6) is 1.85. The number of aromatic nitrogens is 3. The molecule has 6 nitrogen and oxygen atoms in total. The molecule has 3 aromatic rings. The normalized spacial score (nSPS) is 21.2. The maximum absolute atomic E-state index is 6.43. The fourth-order valence-electron chi connectivity index (χ4n) is 4.08. The van der Waals surface area contributed by atoms with Gasteiger partial charge in [0.15, 0.2) is 0 Å². The van der Waals surface area contributed by atoms with Crippen LogP contribution in [-0.4, -0.2) is 46.3 Å². The molecule has 0 bridgehead atoms. The summed E-state index contributed by atoms with van der Waals surface area (Å²) in [5, 5.41) is 2.23. The number of hydrogen-bond donors (Lipinski definition) is 0. The van der Waals surface area contributed by atoms with E-state index in [1.165, 1.54) is 22.4 Å². The molecule has 0 saturated carbocycles. The number of nitrogens with zero attached hydrogens (tertiary/aromatic N) is 4. The highest BCUT2D eigenvalue weighted by Gasteiger charge is 2.24. The van der Waals surface area contributed by atoms with E-state index < -0.39 is 0 Å². The number of hydrogen-bond acceptors (Lipinski definition) is 6. The van der Waals surface area contributed by atoms with Gasteiger partial charge in [0.05, 0.1) is 18.2 Å². The number of fused-ring (bicyclic) bond motifs is 1. The van der Waals surface area contributed by atoms with Gasteiger partial charge in [-0.2, -0.15) is 4.37 Å². The standard InChI is InChI=1S/C20H24N4O2S/c1-14-21-20(27-22-14)23-9-5-16(6-10-23)26-19-4-2-3-18-17(19)7-11-24(18)15-8-12-25-13-15/h2-4,7,11,15-16H,5-6,8-10,12-13H2,1H3. The van der Waals surface area contributed by atoms with Crippen molar-refractivity contribution in [2.45, 2.75) is 38.3 Å². The van der Waals surface area contributed by atoms with Crippen molar-refractivity contribution in [2.24, 2.45) is 0 Å². The summed E-state index contributed by atoms with van der Waals surface area (Å²) in [7, 11) is 0. The Morgan fingerprint density at radius 1 is 1.19 bits per heavy atom. The predicted octanol–water partition coefficient (Wildman–Crippen LogP) is 3.81. The highest BCUT2D eigenvalue weighted by Crippen LogP contribution is 2.33. The van der Waals surface area contributed by atoms with Crippen molar-refractivity contribution in [3.63, 3.8) is 0 Å². The lowest BCUT2D eigenvalue weighted by Gasteiger charge is -2.31. The summed E-state index contributed by atoms with van der Waals surface area (Å²) in [4.78, 5) is 6.83. The maximum atomic E-state index is 6.43. The smallest absolute Gasteiger partial charge is 0.205 e. The van der Waals surface area contributed by atoms with Crippen molar-refractivity contribution >= 4 is 27.6 Å². The molecule has 1 aromatic carbocycles. The van der Waals surface area contributed by atoms with Crippen LogP contribution in [0, 0.1) is 6.92 Å². The fourth-order valence-corrected chi connectivity index (χ4v) is 4.81. The van der Waals surface area contributed by atoms with E-state index in [0.717, 1.165) is 62.3 Å². The van der Waals surface area contributed by atoms with E-state index in [-0.39, 0.29) is 6.10 Å². The molecule has 0 aliphatic carbocycles. The molecule has 1 unspecified atom stereocenters. The number of anilines is 1. The van der Waals surface area contributed by atoms with Gasteiger partial charge in [-0.25, -0.2) is 4.98 Å². The second-order valence-corrected chi connectivity index (χ2v) is 8.09. The molecule has 2 aliphatic heterocycles. The number of aryl methyl sites for hydroxylation is 1. The van der Waals surface area contributed by atoms with Crippen molar-refractivity contribution in [1.82, 2.24) is 13.9 Å². The lowest BCUT2D eigenvalue weighted by atomic mass is 10.1. The Balaban J connectivity index is 1.29. The van der Waals surface area contributed by atoms with Gasteiger partial charge in [-0.05, 0) is 31.5 Å². The molecule has 2 fully saturated rings. The van der Waals surface area contributed by atoms with Gasteiger partial charge >= 0.3 is 0 Å². The Bertz CT molecular complexity index is 923. The van der Waals surface area contributed by atoms with Gasteiger partial charge in [0.1, 0.15) is 17.7 Å². The van der Waals surface area contributed by atoms with Crippen LogP contribution >= 0.6 is 11.5 Å². The highest BCUT2D eigenvalue weighted by atomic mass is 32.1. The minimum Gasteiger partial charge on any atom is -0.490 e. The summed E-state index contributed by atoms with van der Waals surface area (Å²) in [6.45, 7) is 5.54. The number of benzene rings is 1. The molecule has 142 valence electrons. The fraction of sp³-hybridized carbons (Fsp3) is 0.500. The van der Waals surface area contributed by atoms with Crippen LogP contribution in [0.5, 0.6) is 5.75 Å². The zero-order chi connectivity index (χ0) is 18.2. The van der Waals surface area contributed by atoms with E-state index in [4.69, 9.17) is 9.47 Å². The molecule has 5 rings (SSSR count). The molecule has 0 spiro atoms. The number of ether oxygens (including phenoxy) is 2. The van der Waals surface area contributed by atoms with Crippen molar-refractivity contribution in [3.8, 4) is 5.75 Å². The summed E-state index contributed by atoms with van der Waals surface area (Å²) in [6, 6.07) is 9.00. The third-order valence-electron chi connectivity index (χ3n) is 5.55. The predicted molar refractivity (Wildman–Crippen MR) is 107 cm³/mol. The van der Waals surface area contributed by atoms with Gasteiger partial charge in [-0.3, -0.25) is 0 Å². The zero-order valence-corrected chi connectivity index (χ0v) is 16.3. The molecule has 7 heteroatoms. The van der Waals surface area contributed by atoms with Crippen LogP contribution in [0.4, 0.5) is 5.13 Å². The molecule has 2 saturated heterocycles. The summed E-state index contributed by atoms with van der Waals surface area (Å²) in [5.41, 5.74) is 1.24. The molecule has 0 amide bonds. The molecule has 2 aliphatic rings. The van der Waals surface area contributed by atoms with Crippen LogP contribution in [0.1, 0.15) is 31.1 Å². The van der Waals surface area contributed by atoms with Gasteiger partial charge in [0.25, 0.3) is 0 Å². The van der Waals surface area contributed by atoms with Gasteiger partial charge in [-0.15, -0.1) is 0 Å². The lowest BCUT2D eigenvalue weighted by Crippen LogP contribution is -2.38.